The van der Waals surface area contributed by atoms with Crippen LogP contribution in [0.5, 0.6) is 0 Å². The number of aromatic amines is 1. The maximum atomic E-state index is 8.72. The van der Waals surface area contributed by atoms with Gasteiger partial charge in [-0.05, 0) is 33.6 Å². The van der Waals surface area contributed by atoms with E-state index in [-0.39, 0.29) is 16.2 Å². The van der Waals surface area contributed by atoms with Gasteiger partial charge in [-0.1, -0.05) is 48.5 Å². The summed E-state index contributed by atoms with van der Waals surface area (Å²) in [6.07, 6.45) is 8.73. The van der Waals surface area contributed by atoms with Gasteiger partial charge in [-0.25, -0.2) is 9.97 Å². The largest absolute Gasteiger partial charge is 0.355 e. The van der Waals surface area contributed by atoms with Crippen LogP contribution in [0.4, 0.5) is 0 Å². The molecule has 0 bridgehead atoms. The fourth-order valence-electron chi connectivity index (χ4n) is 4.57. The zero-order chi connectivity index (χ0) is 24.5. The molecule has 2 aromatic heterocycles. The molecule has 0 amide bonds. The van der Waals surface area contributed by atoms with E-state index in [0.717, 1.165) is 42.4 Å². The zero-order valence-corrected chi connectivity index (χ0v) is 22.3. The minimum absolute atomic E-state index is 0.0630. The van der Waals surface area contributed by atoms with Gasteiger partial charge in [-0.2, -0.15) is 0 Å². The Balaban J connectivity index is 2.09. The van der Waals surface area contributed by atoms with E-state index in [2.05, 4.69) is 88.7 Å². The summed E-state index contributed by atoms with van der Waals surface area (Å²) >= 11 is 0. The molecule has 0 aliphatic rings. The maximum Gasteiger partial charge on any atom is 0.114 e. The molecule has 0 aliphatic carbocycles. The highest BCUT2D eigenvalue weighted by Gasteiger charge is 2.32. The van der Waals surface area contributed by atoms with Crippen LogP contribution in [-0.4, -0.2) is 42.3 Å². The Kier molecular flexibility index (Phi) is 7.68. The molecule has 2 rings (SSSR count). The quantitative estimate of drug-likeness (QED) is 0.378. The minimum atomic E-state index is -0.149. The smallest absolute Gasteiger partial charge is 0.114 e. The summed E-state index contributed by atoms with van der Waals surface area (Å²) in [5.41, 5.74) is 0.856. The maximum absolute atomic E-state index is 8.72. The SMILES string of the molecule is CC(C)N(C(=N)C(C)(C)C)C(C)CCC(C)(C)c1ncc(CC(C)(C)c2nccn2C)[nH]1. The van der Waals surface area contributed by atoms with Crippen molar-refractivity contribution in [3.8, 4) is 0 Å². The van der Waals surface area contributed by atoms with Crippen LogP contribution in [0.1, 0.15) is 99.4 Å². The topological polar surface area (TPSA) is 73.6 Å². The van der Waals surface area contributed by atoms with Gasteiger partial charge in [0.1, 0.15) is 17.5 Å². The van der Waals surface area contributed by atoms with Crippen LogP contribution in [0.3, 0.4) is 0 Å². The molecule has 2 N–H and O–H groups in total. The van der Waals surface area contributed by atoms with Crippen molar-refractivity contribution in [2.75, 3.05) is 0 Å². The zero-order valence-electron chi connectivity index (χ0n) is 22.3. The first-order chi connectivity index (χ1) is 14.6. The number of aryl methyl sites for hydroxylation is 1. The fraction of sp³-hybridized carbons (Fsp3) is 0.731. The van der Waals surface area contributed by atoms with Gasteiger partial charge in [0.15, 0.2) is 0 Å². The monoisotopic (exact) mass is 442 g/mol. The Labute approximate surface area is 195 Å². The Morgan fingerprint density at radius 3 is 2.19 bits per heavy atom. The van der Waals surface area contributed by atoms with E-state index < -0.39 is 0 Å². The van der Waals surface area contributed by atoms with Crippen molar-refractivity contribution in [1.29, 1.82) is 5.41 Å². The molecule has 0 spiro atoms. The van der Waals surface area contributed by atoms with Crippen molar-refractivity contribution in [3.05, 3.63) is 35.9 Å². The van der Waals surface area contributed by atoms with Gasteiger partial charge in [0, 0.05) is 66.1 Å². The van der Waals surface area contributed by atoms with Crippen LogP contribution in [0.15, 0.2) is 18.6 Å². The Morgan fingerprint density at radius 1 is 1.06 bits per heavy atom. The van der Waals surface area contributed by atoms with E-state index in [0.29, 0.717) is 12.1 Å². The van der Waals surface area contributed by atoms with E-state index in [1.54, 1.807) is 0 Å². The third-order valence-corrected chi connectivity index (χ3v) is 6.52. The lowest BCUT2D eigenvalue weighted by Crippen LogP contribution is -2.48. The third-order valence-electron chi connectivity index (χ3n) is 6.52. The number of imidazole rings is 2. The first kappa shape index (κ1) is 26.1. The summed E-state index contributed by atoms with van der Waals surface area (Å²) in [5, 5.41) is 8.72. The predicted molar refractivity (Wildman–Crippen MR) is 134 cm³/mol. The minimum Gasteiger partial charge on any atom is -0.355 e. The standard InChI is InChI=1S/C26H46N6/c1-18(2)32(21(27)24(4,5)6)19(3)12-13-25(7,8)22-29-17-20(30-22)16-26(9,10)23-28-14-15-31(23)11/h14-15,17-19,27H,12-13,16H2,1-11H3,(H,29,30). The Hall–Kier alpha value is -2.11. The Morgan fingerprint density at radius 2 is 1.69 bits per heavy atom. The van der Waals surface area contributed by atoms with Crippen LogP contribution in [0, 0.1) is 10.8 Å². The second-order valence-corrected chi connectivity index (χ2v) is 12.1. The van der Waals surface area contributed by atoms with Crippen LogP contribution < -0.4 is 0 Å². The molecule has 0 aliphatic heterocycles. The summed E-state index contributed by atoms with van der Waals surface area (Å²) < 4.78 is 2.10. The van der Waals surface area contributed by atoms with Crippen molar-refractivity contribution in [2.45, 2.75) is 111 Å². The summed E-state index contributed by atoms with van der Waals surface area (Å²) in [5.74, 6) is 2.84. The highest BCUT2D eigenvalue weighted by atomic mass is 15.2. The number of hydrogen-bond acceptors (Lipinski definition) is 3. The number of aromatic nitrogens is 4. The van der Waals surface area contributed by atoms with Crippen LogP contribution >= 0.6 is 0 Å². The van der Waals surface area contributed by atoms with Crippen molar-refractivity contribution in [1.82, 2.24) is 24.4 Å². The summed E-state index contributed by atoms with van der Waals surface area (Å²) in [6.45, 7) is 22.0. The first-order valence-electron chi connectivity index (χ1n) is 12.0. The van der Waals surface area contributed by atoms with E-state index in [9.17, 15) is 0 Å². The molecule has 0 aromatic carbocycles. The normalized spacial score (nSPS) is 14.1. The number of nitrogens with zero attached hydrogens (tertiary/aromatic N) is 4. The average Bonchev–Trinajstić information content (AvgIpc) is 3.28. The predicted octanol–water partition coefficient (Wildman–Crippen LogP) is 5.84. The molecule has 1 unspecified atom stereocenters. The lowest BCUT2D eigenvalue weighted by atomic mass is 9.84. The molecule has 2 heterocycles. The molecule has 0 saturated carbocycles. The van der Waals surface area contributed by atoms with E-state index >= 15 is 0 Å². The van der Waals surface area contributed by atoms with Gasteiger partial charge >= 0.3 is 0 Å². The summed E-state index contributed by atoms with van der Waals surface area (Å²) in [4.78, 5) is 15.2. The van der Waals surface area contributed by atoms with Crippen molar-refractivity contribution >= 4 is 5.84 Å². The average molecular weight is 443 g/mol. The van der Waals surface area contributed by atoms with E-state index in [1.165, 1.54) is 0 Å². The number of nitrogens with one attached hydrogen (secondary N) is 2. The van der Waals surface area contributed by atoms with Crippen molar-refractivity contribution in [3.63, 3.8) is 0 Å². The number of H-pyrrole nitrogens is 1. The number of hydrogen-bond donors (Lipinski definition) is 2. The van der Waals surface area contributed by atoms with Gasteiger partial charge in [0.2, 0.25) is 0 Å². The second kappa shape index (κ2) is 9.40. The lowest BCUT2D eigenvalue weighted by molar-refractivity contribution is 0.224. The molecule has 1 atom stereocenters. The summed E-state index contributed by atoms with van der Waals surface area (Å²) in [7, 11) is 2.05. The van der Waals surface area contributed by atoms with Gasteiger partial charge in [-0.15, -0.1) is 0 Å². The van der Waals surface area contributed by atoms with E-state index in [1.807, 2.05) is 25.6 Å². The fourth-order valence-corrected chi connectivity index (χ4v) is 4.57. The molecular weight excluding hydrogens is 396 g/mol. The second-order valence-electron chi connectivity index (χ2n) is 12.1. The van der Waals surface area contributed by atoms with Gasteiger partial charge in [0.25, 0.3) is 0 Å². The number of amidine groups is 1. The highest BCUT2D eigenvalue weighted by molar-refractivity contribution is 5.84. The summed E-state index contributed by atoms with van der Waals surface area (Å²) in [6, 6.07) is 0.612. The number of rotatable bonds is 9. The lowest BCUT2D eigenvalue weighted by Gasteiger charge is -2.41. The molecule has 6 heteroatoms. The first-order valence-corrected chi connectivity index (χ1v) is 12.0. The molecule has 0 fully saturated rings. The van der Waals surface area contributed by atoms with Crippen LogP contribution in [0.25, 0.3) is 0 Å². The van der Waals surface area contributed by atoms with Gasteiger partial charge in [0.05, 0.1) is 0 Å². The van der Waals surface area contributed by atoms with Crippen molar-refractivity contribution < 1.29 is 0 Å². The molecule has 0 radical (unpaired) electrons. The van der Waals surface area contributed by atoms with Crippen LogP contribution in [-0.2, 0) is 24.3 Å². The van der Waals surface area contributed by atoms with Gasteiger partial charge < -0.3 is 14.5 Å². The molecule has 32 heavy (non-hydrogen) atoms. The van der Waals surface area contributed by atoms with Gasteiger partial charge in [-0.3, -0.25) is 5.41 Å². The Bertz CT molecular complexity index is 894. The molecule has 6 nitrogen and oxygen atoms in total. The molecule has 2 aromatic rings. The van der Waals surface area contributed by atoms with E-state index in [4.69, 9.17) is 10.4 Å². The molecule has 180 valence electrons. The third kappa shape index (κ3) is 6.02. The molecular formula is C26H46N6. The van der Waals surface area contributed by atoms with Crippen molar-refractivity contribution in [2.24, 2.45) is 12.5 Å². The molecule has 0 saturated heterocycles. The van der Waals surface area contributed by atoms with Crippen LogP contribution in [0.2, 0.25) is 0 Å². The highest BCUT2D eigenvalue weighted by Crippen LogP contribution is 2.31.